The molecule has 0 saturated carbocycles. The number of rotatable bonds is 6. The molecule has 27 heavy (non-hydrogen) atoms. The van der Waals surface area contributed by atoms with Crippen LogP contribution in [0, 0.1) is 5.95 Å². The van der Waals surface area contributed by atoms with Gasteiger partial charge in [0.2, 0.25) is 11.8 Å². The van der Waals surface area contributed by atoms with Crippen LogP contribution in [0.15, 0.2) is 41.8 Å². The lowest BCUT2D eigenvalue weighted by Crippen LogP contribution is -2.23. The molecule has 8 heteroatoms. The highest BCUT2D eigenvalue weighted by Gasteiger charge is 2.15. The van der Waals surface area contributed by atoms with Gasteiger partial charge in [0.25, 0.3) is 0 Å². The highest BCUT2D eigenvalue weighted by molar-refractivity contribution is 5.85. The number of halogens is 1. The third kappa shape index (κ3) is 3.64. The zero-order valence-electron chi connectivity index (χ0n) is 14.8. The number of anilines is 1. The lowest BCUT2D eigenvalue weighted by molar-refractivity contribution is 0.330. The van der Waals surface area contributed by atoms with Crippen molar-refractivity contribution < 1.29 is 9.13 Å². The van der Waals surface area contributed by atoms with Crippen LogP contribution in [0.3, 0.4) is 0 Å². The van der Waals surface area contributed by atoms with E-state index in [1.165, 1.54) is 6.33 Å². The number of H-pyrrole nitrogens is 1. The standard InChI is InChI=1S/C19H19FN6O/c1-2-27-19-16-13(9-22-18(16)23-11-24-19)8-12-5-6-15(26-17(12)20)25-14-4-3-7-21-10-14/h3-7,9,11,14H,2,8,10H2,1H3,(H,25,26)(H,22,23,24). The number of aliphatic imine (C=N–C) groups is 1. The van der Waals surface area contributed by atoms with E-state index in [0.29, 0.717) is 42.5 Å². The summed E-state index contributed by atoms with van der Waals surface area (Å²) in [7, 11) is 0. The number of allylic oxidation sites excluding steroid dienone is 1. The van der Waals surface area contributed by atoms with Gasteiger partial charge in [0.15, 0.2) is 0 Å². The van der Waals surface area contributed by atoms with Crippen LogP contribution in [0.5, 0.6) is 5.88 Å². The average molecular weight is 366 g/mol. The van der Waals surface area contributed by atoms with Crippen LogP contribution in [0.4, 0.5) is 10.2 Å². The Bertz CT molecular complexity index is 1010. The van der Waals surface area contributed by atoms with Crippen molar-refractivity contribution in [3.63, 3.8) is 0 Å². The summed E-state index contributed by atoms with van der Waals surface area (Å²) in [5.74, 6) is 0.475. The van der Waals surface area contributed by atoms with Crippen LogP contribution < -0.4 is 10.1 Å². The molecule has 3 aromatic rings. The van der Waals surface area contributed by atoms with Crippen molar-refractivity contribution in [1.82, 2.24) is 19.9 Å². The molecule has 1 atom stereocenters. The number of fused-ring (bicyclic) bond motifs is 1. The van der Waals surface area contributed by atoms with Gasteiger partial charge in [-0.15, -0.1) is 0 Å². The molecule has 2 N–H and O–H groups in total. The highest BCUT2D eigenvalue weighted by atomic mass is 19.1. The fraction of sp³-hybridized carbons (Fsp3) is 0.263. The molecule has 1 unspecified atom stereocenters. The molecule has 0 amide bonds. The Morgan fingerprint density at radius 1 is 1.30 bits per heavy atom. The van der Waals surface area contributed by atoms with Gasteiger partial charge in [-0.2, -0.15) is 4.39 Å². The van der Waals surface area contributed by atoms with Crippen molar-refractivity contribution in [3.8, 4) is 5.88 Å². The number of pyridine rings is 1. The minimum Gasteiger partial charge on any atom is -0.477 e. The van der Waals surface area contributed by atoms with E-state index >= 15 is 0 Å². The molecule has 0 bridgehead atoms. The smallest absolute Gasteiger partial charge is 0.226 e. The molecule has 0 radical (unpaired) electrons. The van der Waals surface area contributed by atoms with E-state index in [9.17, 15) is 4.39 Å². The highest BCUT2D eigenvalue weighted by Crippen LogP contribution is 2.27. The fourth-order valence-corrected chi connectivity index (χ4v) is 3.03. The molecule has 0 aromatic carbocycles. The minimum atomic E-state index is -0.507. The van der Waals surface area contributed by atoms with Gasteiger partial charge >= 0.3 is 0 Å². The van der Waals surface area contributed by atoms with Crippen molar-refractivity contribution in [2.24, 2.45) is 4.99 Å². The first-order valence-electron chi connectivity index (χ1n) is 8.77. The second-order valence-corrected chi connectivity index (χ2v) is 6.12. The van der Waals surface area contributed by atoms with Crippen LogP contribution in [0.25, 0.3) is 11.0 Å². The zero-order chi connectivity index (χ0) is 18.6. The van der Waals surface area contributed by atoms with E-state index in [0.717, 1.165) is 10.9 Å². The van der Waals surface area contributed by atoms with Gasteiger partial charge in [-0.05, 0) is 24.6 Å². The molecule has 4 heterocycles. The largest absolute Gasteiger partial charge is 0.477 e. The van der Waals surface area contributed by atoms with Crippen molar-refractivity contribution in [2.75, 3.05) is 18.5 Å². The van der Waals surface area contributed by atoms with Gasteiger partial charge in [0.05, 0.1) is 24.6 Å². The van der Waals surface area contributed by atoms with E-state index < -0.39 is 5.95 Å². The van der Waals surface area contributed by atoms with Crippen LogP contribution in [-0.2, 0) is 6.42 Å². The van der Waals surface area contributed by atoms with Gasteiger partial charge in [0, 0.05) is 24.4 Å². The van der Waals surface area contributed by atoms with E-state index in [1.807, 2.05) is 19.1 Å². The Morgan fingerprint density at radius 3 is 3.00 bits per heavy atom. The topological polar surface area (TPSA) is 88.1 Å². The summed E-state index contributed by atoms with van der Waals surface area (Å²) in [6.07, 6.45) is 9.19. The summed E-state index contributed by atoms with van der Waals surface area (Å²) in [4.78, 5) is 19.7. The number of nitrogens with zero attached hydrogens (tertiary/aromatic N) is 4. The van der Waals surface area contributed by atoms with Crippen LogP contribution >= 0.6 is 0 Å². The molecule has 0 spiro atoms. The summed E-state index contributed by atoms with van der Waals surface area (Å²) in [6, 6.07) is 3.54. The first-order valence-corrected chi connectivity index (χ1v) is 8.77. The van der Waals surface area contributed by atoms with Gasteiger partial charge in [-0.25, -0.2) is 15.0 Å². The lowest BCUT2D eigenvalue weighted by atomic mass is 10.1. The van der Waals surface area contributed by atoms with Crippen LogP contribution in [0.1, 0.15) is 18.1 Å². The Labute approximate surface area is 155 Å². The first kappa shape index (κ1) is 17.1. The molecule has 1 aliphatic heterocycles. The van der Waals surface area contributed by atoms with Gasteiger partial charge in [-0.3, -0.25) is 4.99 Å². The predicted octanol–water partition coefficient (Wildman–Crippen LogP) is 2.90. The monoisotopic (exact) mass is 366 g/mol. The molecule has 138 valence electrons. The maximum atomic E-state index is 14.6. The number of aromatic nitrogens is 4. The predicted molar refractivity (Wildman–Crippen MR) is 102 cm³/mol. The minimum absolute atomic E-state index is 0.0206. The Morgan fingerprint density at radius 2 is 2.22 bits per heavy atom. The van der Waals surface area contributed by atoms with E-state index in [-0.39, 0.29) is 6.04 Å². The quantitative estimate of drug-likeness (QED) is 0.655. The summed E-state index contributed by atoms with van der Waals surface area (Å²) >= 11 is 0. The van der Waals surface area contributed by atoms with E-state index in [4.69, 9.17) is 4.74 Å². The average Bonchev–Trinajstić information content (AvgIpc) is 3.09. The maximum Gasteiger partial charge on any atom is 0.226 e. The van der Waals surface area contributed by atoms with Gasteiger partial charge in [0.1, 0.15) is 17.8 Å². The number of aromatic amines is 1. The Balaban J connectivity index is 1.57. The molecule has 0 aliphatic carbocycles. The number of ether oxygens (including phenoxy) is 1. The molecule has 1 aliphatic rings. The molecular weight excluding hydrogens is 347 g/mol. The second kappa shape index (κ2) is 7.53. The summed E-state index contributed by atoms with van der Waals surface area (Å²) in [6.45, 7) is 2.99. The van der Waals surface area contributed by atoms with Gasteiger partial charge < -0.3 is 15.0 Å². The molecular formula is C19H19FN6O. The second-order valence-electron chi connectivity index (χ2n) is 6.12. The molecule has 0 saturated heterocycles. The summed E-state index contributed by atoms with van der Waals surface area (Å²) < 4.78 is 20.2. The first-order chi connectivity index (χ1) is 13.2. The normalized spacial score (nSPS) is 16.0. The zero-order valence-corrected chi connectivity index (χ0v) is 14.8. The Kier molecular flexibility index (Phi) is 4.78. The maximum absolute atomic E-state index is 14.6. The van der Waals surface area contributed by atoms with E-state index in [1.54, 1.807) is 24.5 Å². The third-order valence-corrected chi connectivity index (χ3v) is 4.27. The summed E-state index contributed by atoms with van der Waals surface area (Å²) in [5, 5.41) is 3.93. The van der Waals surface area contributed by atoms with Crippen LogP contribution in [-0.4, -0.2) is 45.3 Å². The van der Waals surface area contributed by atoms with Crippen molar-refractivity contribution in [3.05, 3.63) is 53.9 Å². The molecule has 0 fully saturated rings. The van der Waals surface area contributed by atoms with Crippen LogP contribution in [0.2, 0.25) is 0 Å². The molecule has 3 aromatic heterocycles. The fourth-order valence-electron chi connectivity index (χ4n) is 3.03. The molecule has 4 rings (SSSR count). The molecule has 7 nitrogen and oxygen atoms in total. The van der Waals surface area contributed by atoms with E-state index in [2.05, 4.69) is 30.2 Å². The summed E-state index contributed by atoms with van der Waals surface area (Å²) in [5.41, 5.74) is 2.02. The number of hydrogen-bond donors (Lipinski definition) is 2. The van der Waals surface area contributed by atoms with Crippen molar-refractivity contribution >= 4 is 23.1 Å². The van der Waals surface area contributed by atoms with Gasteiger partial charge in [-0.1, -0.05) is 12.1 Å². The lowest BCUT2D eigenvalue weighted by Gasteiger charge is -2.15. The van der Waals surface area contributed by atoms with Crippen molar-refractivity contribution in [1.29, 1.82) is 0 Å². The van der Waals surface area contributed by atoms with Crippen molar-refractivity contribution in [2.45, 2.75) is 19.4 Å². The SMILES string of the molecule is CCOc1ncnc2[nH]cc(Cc3ccc(NC4C=CC=NC4)nc3F)c12. The third-order valence-electron chi connectivity index (χ3n) is 4.27. The number of dihydropyridines is 1. The number of hydrogen-bond acceptors (Lipinski definition) is 6. The Hall–Kier alpha value is -3.29. The number of nitrogens with one attached hydrogen (secondary N) is 2.